The lowest BCUT2D eigenvalue weighted by Gasteiger charge is -2.35. The van der Waals surface area contributed by atoms with Crippen LogP contribution in [0.2, 0.25) is 0 Å². The summed E-state index contributed by atoms with van der Waals surface area (Å²) in [6, 6.07) is 11.5. The monoisotopic (exact) mass is 218 g/mol. The maximum Gasteiger partial charge on any atom is 0.0193 e. The summed E-state index contributed by atoms with van der Waals surface area (Å²) in [4.78, 5) is 2.59. The predicted octanol–water partition coefficient (Wildman–Crippen LogP) is 2.08. The van der Waals surface area contributed by atoms with Gasteiger partial charge in [0.15, 0.2) is 0 Å². The first-order valence-corrected chi connectivity index (χ1v) is 6.27. The lowest BCUT2D eigenvalue weighted by molar-refractivity contribution is 0.166. The van der Waals surface area contributed by atoms with Gasteiger partial charge < -0.3 is 5.32 Å². The molecule has 0 spiro atoms. The van der Waals surface area contributed by atoms with Gasteiger partial charge in [0.25, 0.3) is 0 Å². The van der Waals surface area contributed by atoms with Crippen molar-refractivity contribution >= 4 is 0 Å². The van der Waals surface area contributed by atoms with Gasteiger partial charge in [0, 0.05) is 32.2 Å². The van der Waals surface area contributed by atoms with Crippen molar-refractivity contribution in [2.75, 3.05) is 26.2 Å². The van der Waals surface area contributed by atoms with E-state index in [0.29, 0.717) is 12.0 Å². The largest absolute Gasteiger partial charge is 0.314 e. The lowest BCUT2D eigenvalue weighted by atomic mass is 10.00. The van der Waals surface area contributed by atoms with Crippen LogP contribution in [-0.4, -0.2) is 37.1 Å². The third-order valence-electron chi connectivity index (χ3n) is 3.52. The minimum absolute atomic E-state index is 0.627. The lowest BCUT2D eigenvalue weighted by Crippen LogP contribution is -2.50. The highest BCUT2D eigenvalue weighted by Gasteiger charge is 2.19. The van der Waals surface area contributed by atoms with Gasteiger partial charge in [-0.05, 0) is 18.4 Å². The summed E-state index contributed by atoms with van der Waals surface area (Å²) in [6.07, 6.45) is 0. The number of benzene rings is 1. The predicted molar refractivity (Wildman–Crippen MR) is 68.8 cm³/mol. The average molecular weight is 218 g/mol. The van der Waals surface area contributed by atoms with Crippen molar-refractivity contribution in [3.63, 3.8) is 0 Å². The number of nitrogens with one attached hydrogen (secondary N) is 1. The Morgan fingerprint density at radius 2 is 2.12 bits per heavy atom. The summed E-state index contributed by atoms with van der Waals surface area (Å²) in [5, 5.41) is 3.44. The summed E-state index contributed by atoms with van der Waals surface area (Å²) in [5.74, 6) is 0.627. The minimum atomic E-state index is 0.627. The molecule has 1 saturated heterocycles. The van der Waals surface area contributed by atoms with Crippen LogP contribution in [-0.2, 0) is 0 Å². The number of hydrogen-bond acceptors (Lipinski definition) is 2. The molecule has 1 aliphatic heterocycles. The number of piperazine rings is 1. The van der Waals surface area contributed by atoms with Crippen molar-refractivity contribution in [3.05, 3.63) is 35.9 Å². The van der Waals surface area contributed by atoms with E-state index in [1.807, 2.05) is 0 Å². The van der Waals surface area contributed by atoms with Gasteiger partial charge in [-0.2, -0.15) is 0 Å². The van der Waals surface area contributed by atoms with Gasteiger partial charge in [0.1, 0.15) is 0 Å². The van der Waals surface area contributed by atoms with Crippen LogP contribution in [0.25, 0.3) is 0 Å². The molecule has 2 nitrogen and oxygen atoms in total. The second kappa shape index (κ2) is 5.46. The van der Waals surface area contributed by atoms with Crippen LogP contribution in [0, 0.1) is 0 Å². The van der Waals surface area contributed by atoms with Crippen LogP contribution in [0.1, 0.15) is 25.3 Å². The Hall–Kier alpha value is -0.860. The molecule has 0 radical (unpaired) electrons. The van der Waals surface area contributed by atoms with Crippen molar-refractivity contribution in [2.45, 2.75) is 25.8 Å². The molecule has 1 N–H and O–H groups in total. The molecule has 2 heteroatoms. The van der Waals surface area contributed by atoms with Crippen LogP contribution < -0.4 is 5.32 Å². The number of hydrogen-bond donors (Lipinski definition) is 1. The third kappa shape index (κ3) is 2.83. The van der Waals surface area contributed by atoms with Gasteiger partial charge in [0.2, 0.25) is 0 Å². The molecular formula is C14H22N2. The van der Waals surface area contributed by atoms with E-state index in [0.717, 1.165) is 13.1 Å². The second-order valence-electron chi connectivity index (χ2n) is 4.86. The summed E-state index contributed by atoms with van der Waals surface area (Å²) in [7, 11) is 0. The van der Waals surface area contributed by atoms with Gasteiger partial charge in [-0.15, -0.1) is 0 Å². The Labute approximate surface area is 98.7 Å². The van der Waals surface area contributed by atoms with Crippen LogP contribution in [0.4, 0.5) is 0 Å². The van der Waals surface area contributed by atoms with Crippen molar-refractivity contribution in [1.29, 1.82) is 0 Å². The van der Waals surface area contributed by atoms with E-state index in [1.54, 1.807) is 0 Å². The van der Waals surface area contributed by atoms with E-state index in [1.165, 1.54) is 18.7 Å². The fraction of sp³-hybridized carbons (Fsp3) is 0.571. The molecule has 16 heavy (non-hydrogen) atoms. The third-order valence-corrected chi connectivity index (χ3v) is 3.52. The smallest absolute Gasteiger partial charge is 0.0193 e. The number of nitrogens with zero attached hydrogens (tertiary/aromatic N) is 1. The molecule has 1 aromatic rings. The molecule has 0 aromatic heterocycles. The first-order chi connectivity index (χ1) is 7.77. The highest BCUT2D eigenvalue weighted by atomic mass is 15.2. The fourth-order valence-corrected chi connectivity index (χ4v) is 2.39. The van der Waals surface area contributed by atoms with Crippen LogP contribution in [0.5, 0.6) is 0 Å². The topological polar surface area (TPSA) is 15.3 Å². The van der Waals surface area contributed by atoms with Crippen LogP contribution in [0.15, 0.2) is 30.3 Å². The Kier molecular flexibility index (Phi) is 3.97. The summed E-state index contributed by atoms with van der Waals surface area (Å²) in [5.41, 5.74) is 1.45. The van der Waals surface area contributed by atoms with Crippen molar-refractivity contribution in [3.8, 4) is 0 Å². The van der Waals surface area contributed by atoms with E-state index in [4.69, 9.17) is 0 Å². The maximum absolute atomic E-state index is 3.44. The highest BCUT2D eigenvalue weighted by molar-refractivity contribution is 5.19. The molecule has 0 saturated carbocycles. The maximum atomic E-state index is 3.44. The van der Waals surface area contributed by atoms with Gasteiger partial charge in [-0.1, -0.05) is 37.3 Å². The molecule has 1 heterocycles. The molecule has 0 bridgehead atoms. The zero-order valence-corrected chi connectivity index (χ0v) is 10.3. The molecule has 1 fully saturated rings. The molecule has 0 amide bonds. The zero-order chi connectivity index (χ0) is 11.4. The van der Waals surface area contributed by atoms with E-state index in [9.17, 15) is 0 Å². The summed E-state index contributed by atoms with van der Waals surface area (Å²) in [6.45, 7) is 9.24. The van der Waals surface area contributed by atoms with Crippen LogP contribution in [0.3, 0.4) is 0 Å². The first-order valence-electron chi connectivity index (χ1n) is 6.27. The van der Waals surface area contributed by atoms with E-state index in [2.05, 4.69) is 54.4 Å². The van der Waals surface area contributed by atoms with Gasteiger partial charge >= 0.3 is 0 Å². The Bertz CT molecular complexity index is 310. The van der Waals surface area contributed by atoms with Gasteiger partial charge in [-0.25, -0.2) is 0 Å². The number of rotatable bonds is 3. The van der Waals surface area contributed by atoms with Crippen molar-refractivity contribution < 1.29 is 0 Å². The molecule has 1 aliphatic rings. The van der Waals surface area contributed by atoms with E-state index < -0.39 is 0 Å². The van der Waals surface area contributed by atoms with Gasteiger partial charge in [-0.3, -0.25) is 4.90 Å². The van der Waals surface area contributed by atoms with Crippen molar-refractivity contribution in [1.82, 2.24) is 10.2 Å². The molecule has 2 rings (SSSR count). The molecular weight excluding hydrogens is 196 g/mol. The SMILES string of the molecule is CC(CN1CCNC[C@@H]1C)c1ccccc1. The standard InChI is InChI=1S/C14H22N2/c1-12(14-6-4-3-5-7-14)11-16-9-8-15-10-13(16)2/h3-7,12-13,15H,8-11H2,1-2H3/t12?,13-/m0/s1. The zero-order valence-electron chi connectivity index (χ0n) is 10.3. The Morgan fingerprint density at radius 1 is 1.38 bits per heavy atom. The average Bonchev–Trinajstić information content (AvgIpc) is 2.33. The normalized spacial score (nSPS) is 24.2. The molecule has 2 atom stereocenters. The fourth-order valence-electron chi connectivity index (χ4n) is 2.39. The van der Waals surface area contributed by atoms with E-state index in [-0.39, 0.29) is 0 Å². The quantitative estimate of drug-likeness (QED) is 0.835. The van der Waals surface area contributed by atoms with E-state index >= 15 is 0 Å². The second-order valence-corrected chi connectivity index (χ2v) is 4.86. The first kappa shape index (κ1) is 11.6. The molecule has 1 unspecified atom stereocenters. The summed E-state index contributed by atoms with van der Waals surface area (Å²) < 4.78 is 0. The van der Waals surface area contributed by atoms with Gasteiger partial charge in [0.05, 0.1) is 0 Å². The Morgan fingerprint density at radius 3 is 2.81 bits per heavy atom. The Balaban J connectivity index is 1.94. The molecule has 0 aliphatic carbocycles. The molecule has 1 aromatic carbocycles. The minimum Gasteiger partial charge on any atom is -0.314 e. The highest BCUT2D eigenvalue weighted by Crippen LogP contribution is 2.17. The summed E-state index contributed by atoms with van der Waals surface area (Å²) >= 11 is 0. The van der Waals surface area contributed by atoms with Crippen molar-refractivity contribution in [2.24, 2.45) is 0 Å². The molecule has 88 valence electrons. The van der Waals surface area contributed by atoms with Crippen LogP contribution >= 0.6 is 0 Å².